The molecule has 6 nitrogen and oxygen atoms in total. The van der Waals surface area contributed by atoms with Gasteiger partial charge in [-0.3, -0.25) is 9.89 Å². The fourth-order valence-electron chi connectivity index (χ4n) is 1.99. The number of aromatic nitrogens is 3. The van der Waals surface area contributed by atoms with Gasteiger partial charge in [-0.25, -0.2) is 9.37 Å². The van der Waals surface area contributed by atoms with Crippen LogP contribution in [-0.2, 0) is 6.54 Å². The summed E-state index contributed by atoms with van der Waals surface area (Å²) >= 11 is 2.13. The van der Waals surface area contributed by atoms with Crippen LogP contribution in [0, 0.1) is 0 Å². The molecule has 3 rings (SSSR count). The Morgan fingerprint density at radius 3 is 2.96 bits per heavy atom. The monoisotopic (exact) mass is 363 g/mol. The van der Waals surface area contributed by atoms with Gasteiger partial charge in [0.1, 0.15) is 5.69 Å². The van der Waals surface area contributed by atoms with Gasteiger partial charge in [-0.1, -0.05) is 30.3 Å². The second-order valence-corrected chi connectivity index (χ2v) is 6.29. The Balaban J connectivity index is 1.57. The van der Waals surface area contributed by atoms with Crippen LogP contribution in [0.4, 0.5) is 9.52 Å². The third-order valence-electron chi connectivity index (χ3n) is 3.09. The van der Waals surface area contributed by atoms with Gasteiger partial charge in [-0.2, -0.15) is 5.10 Å². The van der Waals surface area contributed by atoms with E-state index < -0.39 is 6.01 Å². The molecule has 0 bridgehead atoms. The Morgan fingerprint density at radius 1 is 1.33 bits per heavy atom. The zero-order valence-corrected chi connectivity index (χ0v) is 14.1. The third-order valence-corrected chi connectivity index (χ3v) is 4.42. The number of nitrogens with zero attached hydrogens (tertiary/aromatic N) is 2. The van der Waals surface area contributed by atoms with Crippen LogP contribution in [0.15, 0.2) is 41.8 Å². The van der Waals surface area contributed by atoms with Gasteiger partial charge in [0.15, 0.2) is 11.1 Å². The summed E-state index contributed by atoms with van der Waals surface area (Å²) < 4.78 is 14.8. The van der Waals surface area contributed by atoms with E-state index in [-0.39, 0.29) is 5.91 Å². The third kappa shape index (κ3) is 4.12. The summed E-state index contributed by atoms with van der Waals surface area (Å²) in [6.07, 6.45) is 0. The lowest BCUT2D eigenvalue weighted by Gasteiger charge is -2.00. The van der Waals surface area contributed by atoms with Crippen LogP contribution in [0.25, 0.3) is 11.3 Å². The van der Waals surface area contributed by atoms with Crippen LogP contribution < -0.4 is 10.0 Å². The number of anilines is 1. The fourth-order valence-corrected chi connectivity index (χ4v) is 3.12. The van der Waals surface area contributed by atoms with Gasteiger partial charge >= 0.3 is 0 Å². The summed E-state index contributed by atoms with van der Waals surface area (Å²) in [5.74, 6) is -0.291. The number of thiazole rings is 1. The molecule has 1 aromatic carbocycles. The minimum absolute atomic E-state index is 0.291. The number of H-pyrrole nitrogens is 1. The van der Waals surface area contributed by atoms with Crippen LogP contribution in [0.3, 0.4) is 0 Å². The van der Waals surface area contributed by atoms with Gasteiger partial charge in [0.25, 0.3) is 5.91 Å². The summed E-state index contributed by atoms with van der Waals surface area (Å²) in [6.45, 7) is 0.318. The molecule has 0 aliphatic rings. The quantitative estimate of drug-likeness (QED) is 0.560. The van der Waals surface area contributed by atoms with Crippen molar-refractivity contribution in [2.24, 2.45) is 0 Å². The molecule has 0 fully saturated rings. The molecule has 2 heterocycles. The number of halogens is 1. The Bertz CT molecular complexity index is 805. The van der Waals surface area contributed by atoms with Gasteiger partial charge in [0.05, 0.1) is 17.9 Å². The van der Waals surface area contributed by atoms with E-state index in [1.807, 2.05) is 36.4 Å². The van der Waals surface area contributed by atoms with E-state index in [0.29, 0.717) is 17.4 Å². The topological polar surface area (TPSA) is 82.7 Å². The second-order valence-electron chi connectivity index (χ2n) is 4.72. The molecule has 0 unspecified atom stereocenters. The highest BCUT2D eigenvalue weighted by atomic mass is 32.2. The molecule has 2 aromatic heterocycles. The van der Waals surface area contributed by atoms with Crippen molar-refractivity contribution < 1.29 is 9.18 Å². The van der Waals surface area contributed by atoms with Crippen molar-refractivity contribution in [2.75, 3.05) is 10.7 Å². The van der Waals surface area contributed by atoms with Crippen molar-refractivity contribution in [3.05, 3.63) is 53.2 Å². The van der Waals surface area contributed by atoms with E-state index in [0.717, 1.165) is 28.9 Å². The Labute approximate surface area is 146 Å². The highest BCUT2D eigenvalue weighted by molar-refractivity contribution is 8.00. The van der Waals surface area contributed by atoms with Crippen LogP contribution in [0.5, 0.6) is 0 Å². The number of hydrogen-bond acceptors (Lipinski definition) is 6. The molecule has 24 heavy (non-hydrogen) atoms. The van der Waals surface area contributed by atoms with Crippen LogP contribution in [0.2, 0.25) is 0 Å². The van der Waals surface area contributed by atoms with Crippen molar-refractivity contribution >= 4 is 34.3 Å². The molecular weight excluding hydrogens is 349 g/mol. The SMILES string of the molecule is O=C(NCc1cc(-c2ccccc2)n[nH]1)c1csc(NSCF)n1. The predicted octanol–water partition coefficient (Wildman–Crippen LogP) is 3.45. The number of carbonyl (C=O) groups is 1. The molecule has 0 atom stereocenters. The van der Waals surface area contributed by atoms with E-state index in [4.69, 9.17) is 0 Å². The first-order chi connectivity index (χ1) is 11.8. The maximum atomic E-state index is 12.1. The number of benzene rings is 1. The average Bonchev–Trinajstić information content (AvgIpc) is 3.28. The maximum absolute atomic E-state index is 12.1. The molecule has 0 saturated carbocycles. The number of rotatable bonds is 7. The summed E-state index contributed by atoms with van der Waals surface area (Å²) in [6, 6.07) is 11.1. The zero-order valence-electron chi connectivity index (χ0n) is 12.5. The van der Waals surface area contributed by atoms with Gasteiger partial charge in [-0.15, -0.1) is 11.3 Å². The summed E-state index contributed by atoms with van der Waals surface area (Å²) in [4.78, 5) is 16.2. The van der Waals surface area contributed by atoms with Crippen LogP contribution in [0.1, 0.15) is 16.2 Å². The number of hydrogen-bond donors (Lipinski definition) is 3. The minimum Gasteiger partial charge on any atom is -0.345 e. The first-order valence-corrected chi connectivity index (χ1v) is 8.90. The van der Waals surface area contributed by atoms with E-state index in [1.54, 1.807) is 5.38 Å². The minimum atomic E-state index is -0.565. The second kappa shape index (κ2) is 7.93. The smallest absolute Gasteiger partial charge is 0.271 e. The van der Waals surface area contributed by atoms with Crippen LogP contribution >= 0.6 is 23.3 Å². The van der Waals surface area contributed by atoms with Crippen molar-refractivity contribution in [3.63, 3.8) is 0 Å². The van der Waals surface area contributed by atoms with Crippen molar-refractivity contribution in [3.8, 4) is 11.3 Å². The number of aromatic amines is 1. The molecule has 0 radical (unpaired) electrons. The summed E-state index contributed by atoms with van der Waals surface area (Å²) in [7, 11) is 0. The Kier molecular flexibility index (Phi) is 5.44. The molecule has 124 valence electrons. The molecule has 3 N–H and O–H groups in total. The first-order valence-electron chi connectivity index (χ1n) is 7.03. The molecule has 3 aromatic rings. The van der Waals surface area contributed by atoms with E-state index >= 15 is 0 Å². The average molecular weight is 363 g/mol. The number of nitrogens with one attached hydrogen (secondary N) is 3. The lowest BCUT2D eigenvalue weighted by atomic mass is 10.1. The van der Waals surface area contributed by atoms with Gasteiger partial charge in [0, 0.05) is 10.9 Å². The van der Waals surface area contributed by atoms with Gasteiger partial charge < -0.3 is 10.0 Å². The maximum Gasteiger partial charge on any atom is 0.271 e. The number of carbonyl (C=O) groups excluding carboxylic acids is 1. The Morgan fingerprint density at radius 2 is 2.17 bits per heavy atom. The lowest BCUT2D eigenvalue weighted by molar-refractivity contribution is 0.0946. The molecule has 0 spiro atoms. The summed E-state index contributed by atoms with van der Waals surface area (Å²) in [5.41, 5.74) is 2.92. The highest BCUT2D eigenvalue weighted by Crippen LogP contribution is 2.19. The predicted molar refractivity (Wildman–Crippen MR) is 94.5 cm³/mol. The van der Waals surface area contributed by atoms with Crippen molar-refractivity contribution in [2.45, 2.75) is 6.54 Å². The first kappa shape index (κ1) is 16.5. The standard InChI is InChI=1S/C15H14FN5OS2/c16-9-24-21-15-18-13(8-23-15)14(22)17-7-11-6-12(20-19-11)10-4-2-1-3-5-10/h1-6,8H,7,9H2,(H,17,22)(H,18,21)(H,19,20). The molecule has 0 aliphatic carbocycles. The fraction of sp³-hybridized carbons (Fsp3) is 0.133. The molecule has 1 amide bonds. The van der Waals surface area contributed by atoms with Gasteiger partial charge in [-0.05, 0) is 18.0 Å². The van der Waals surface area contributed by atoms with Crippen LogP contribution in [-0.4, -0.2) is 27.1 Å². The normalized spacial score (nSPS) is 10.5. The number of amides is 1. The molecular formula is C15H14FN5OS2. The zero-order chi connectivity index (χ0) is 16.8. The summed E-state index contributed by atoms with van der Waals surface area (Å²) in [5, 5.41) is 12.0. The number of alkyl halides is 1. The highest BCUT2D eigenvalue weighted by Gasteiger charge is 2.11. The Hall–Kier alpha value is -2.39. The lowest BCUT2D eigenvalue weighted by Crippen LogP contribution is -2.23. The molecule has 0 aliphatic heterocycles. The van der Waals surface area contributed by atoms with Crippen molar-refractivity contribution in [1.82, 2.24) is 20.5 Å². The largest absolute Gasteiger partial charge is 0.345 e. The van der Waals surface area contributed by atoms with Crippen molar-refractivity contribution in [1.29, 1.82) is 0 Å². The molecule has 9 heteroatoms. The van der Waals surface area contributed by atoms with Gasteiger partial charge in [0.2, 0.25) is 0 Å². The van der Waals surface area contributed by atoms with E-state index in [9.17, 15) is 9.18 Å². The van der Waals surface area contributed by atoms with E-state index in [1.165, 1.54) is 11.3 Å². The molecule has 0 saturated heterocycles. The van der Waals surface area contributed by atoms with E-state index in [2.05, 4.69) is 25.2 Å².